The van der Waals surface area contributed by atoms with Crippen molar-refractivity contribution in [2.75, 3.05) is 97.8 Å². The highest BCUT2D eigenvalue weighted by molar-refractivity contribution is 5.65. The van der Waals surface area contributed by atoms with E-state index in [-0.39, 0.29) is 30.2 Å². The Morgan fingerprint density at radius 1 is 0.472 bits per heavy atom. The van der Waals surface area contributed by atoms with Gasteiger partial charge in [0.15, 0.2) is 0 Å². The number of hydrogen-bond acceptors (Lipinski definition) is 12. The minimum absolute atomic E-state index is 0.186. The second-order valence-corrected chi connectivity index (χ2v) is 11.4. The monoisotopic (exact) mass is 733 g/mol. The number of nitrogens with zero attached hydrogens (tertiary/aromatic N) is 2. The van der Waals surface area contributed by atoms with Gasteiger partial charge in [-0.25, -0.2) is 0 Å². The van der Waals surface area contributed by atoms with Gasteiger partial charge < -0.3 is 38.5 Å². The van der Waals surface area contributed by atoms with E-state index in [0.717, 1.165) is 22.8 Å². The summed E-state index contributed by atoms with van der Waals surface area (Å²) in [6, 6.07) is 34.2. The first-order valence-electron chi connectivity index (χ1n) is 17.5. The molecule has 0 aromatic heterocycles. The highest BCUT2D eigenvalue weighted by atomic mass is 16.6. The number of nitro benzene ring substituents is 2. The first-order valence-corrected chi connectivity index (χ1v) is 17.5. The number of ether oxygens (including phenoxy) is 7. The van der Waals surface area contributed by atoms with Crippen LogP contribution in [0.4, 0.5) is 17.1 Å². The molecule has 0 aliphatic rings. The fourth-order valence-electron chi connectivity index (χ4n) is 5.42. The van der Waals surface area contributed by atoms with Crippen LogP contribution in [0.2, 0.25) is 0 Å². The van der Waals surface area contributed by atoms with Gasteiger partial charge >= 0.3 is 0 Å². The van der Waals surface area contributed by atoms with E-state index in [2.05, 4.69) is 41.7 Å². The maximum atomic E-state index is 11.2. The summed E-state index contributed by atoms with van der Waals surface area (Å²) >= 11 is 0. The van der Waals surface area contributed by atoms with Gasteiger partial charge in [0.2, 0.25) is 0 Å². The quantitative estimate of drug-likeness (QED) is 0.0313. The Balaban J connectivity index is 0.967. The van der Waals surface area contributed by atoms with Crippen molar-refractivity contribution in [1.29, 1.82) is 0 Å². The van der Waals surface area contributed by atoms with Crippen molar-refractivity contribution in [1.82, 2.24) is 0 Å². The van der Waals surface area contributed by atoms with E-state index in [9.17, 15) is 20.2 Å². The van der Waals surface area contributed by atoms with Crippen molar-refractivity contribution in [3.05, 3.63) is 146 Å². The molecule has 4 rings (SSSR count). The van der Waals surface area contributed by atoms with Gasteiger partial charge in [-0.2, -0.15) is 0 Å². The Labute approximate surface area is 309 Å². The van der Waals surface area contributed by atoms with Crippen LogP contribution in [-0.4, -0.2) is 102 Å². The molecule has 0 atom stereocenters. The van der Waals surface area contributed by atoms with Crippen LogP contribution in [0.1, 0.15) is 16.7 Å². The smallest absolute Gasteiger partial charge is 0.299 e. The van der Waals surface area contributed by atoms with E-state index < -0.39 is 15.4 Å². The van der Waals surface area contributed by atoms with Crippen molar-refractivity contribution in [3.8, 4) is 0 Å². The number of anilines is 1. The Hall–Kier alpha value is -4.80. The van der Waals surface area contributed by atoms with Crippen LogP contribution in [0.25, 0.3) is 0 Å². The van der Waals surface area contributed by atoms with Crippen LogP contribution in [0.5, 0.6) is 0 Å². The molecule has 4 aromatic carbocycles. The lowest BCUT2D eigenvalue weighted by Gasteiger charge is -2.36. The van der Waals surface area contributed by atoms with Crippen molar-refractivity contribution in [2.24, 2.45) is 0 Å². The number of hydrogen-bond donors (Lipinski definition) is 1. The number of non-ortho nitro benzene ring substituents is 1. The van der Waals surface area contributed by atoms with Crippen molar-refractivity contribution >= 4 is 17.1 Å². The van der Waals surface area contributed by atoms with Crippen LogP contribution in [0.3, 0.4) is 0 Å². The van der Waals surface area contributed by atoms with Crippen LogP contribution in [-0.2, 0) is 38.8 Å². The Bertz CT molecular complexity index is 1520. The third-order valence-electron chi connectivity index (χ3n) is 7.90. The molecule has 0 bridgehead atoms. The van der Waals surface area contributed by atoms with E-state index in [4.69, 9.17) is 33.2 Å². The molecule has 0 spiro atoms. The predicted octanol–water partition coefficient (Wildman–Crippen LogP) is 6.02. The second kappa shape index (κ2) is 23.7. The summed E-state index contributed by atoms with van der Waals surface area (Å²) in [5.74, 6) is 0. The molecule has 0 saturated carbocycles. The van der Waals surface area contributed by atoms with E-state index in [1.54, 1.807) is 0 Å². The van der Waals surface area contributed by atoms with Gasteiger partial charge in [-0.1, -0.05) is 91.0 Å². The van der Waals surface area contributed by atoms with Crippen LogP contribution in [0.15, 0.2) is 109 Å². The molecule has 14 heteroatoms. The van der Waals surface area contributed by atoms with Crippen LogP contribution in [0, 0.1) is 20.2 Å². The van der Waals surface area contributed by atoms with E-state index >= 15 is 0 Å². The van der Waals surface area contributed by atoms with Gasteiger partial charge in [-0.05, 0) is 22.8 Å². The van der Waals surface area contributed by atoms with Crippen LogP contribution < -0.4 is 5.32 Å². The van der Waals surface area contributed by atoms with Crippen LogP contribution >= 0.6 is 0 Å². The summed E-state index contributed by atoms with van der Waals surface area (Å²) in [7, 11) is 0. The molecule has 0 radical (unpaired) electrons. The number of nitrogens with one attached hydrogen (secondary N) is 1. The first-order chi connectivity index (χ1) is 26.0. The molecular weight excluding hydrogens is 686 g/mol. The summed E-state index contributed by atoms with van der Waals surface area (Å²) in [6.45, 7) is 5.53. The minimum atomic E-state index is -0.773. The molecule has 0 heterocycles. The van der Waals surface area contributed by atoms with Gasteiger partial charge in [0.05, 0.1) is 102 Å². The van der Waals surface area contributed by atoms with E-state index in [1.165, 1.54) is 12.1 Å². The van der Waals surface area contributed by atoms with Gasteiger partial charge in [-0.3, -0.25) is 20.2 Å². The van der Waals surface area contributed by atoms with Gasteiger partial charge in [0.25, 0.3) is 11.4 Å². The maximum absolute atomic E-state index is 11.2. The highest BCUT2D eigenvalue weighted by Crippen LogP contribution is 2.40. The molecule has 4 aromatic rings. The molecule has 1 N–H and O–H groups in total. The maximum Gasteiger partial charge on any atom is 0.299 e. The van der Waals surface area contributed by atoms with Gasteiger partial charge in [0, 0.05) is 12.6 Å². The van der Waals surface area contributed by atoms with E-state index in [0.29, 0.717) is 79.3 Å². The average molecular weight is 734 g/mol. The number of nitro groups is 2. The van der Waals surface area contributed by atoms with Crippen molar-refractivity contribution < 1.29 is 43.0 Å². The predicted molar refractivity (Wildman–Crippen MR) is 198 cm³/mol. The van der Waals surface area contributed by atoms with Gasteiger partial charge in [-0.15, -0.1) is 0 Å². The van der Waals surface area contributed by atoms with E-state index in [1.807, 2.05) is 54.6 Å². The first kappa shape index (κ1) is 41.0. The Morgan fingerprint density at radius 2 is 0.849 bits per heavy atom. The second-order valence-electron chi connectivity index (χ2n) is 11.4. The highest BCUT2D eigenvalue weighted by Gasteiger charge is 2.37. The molecule has 284 valence electrons. The third kappa shape index (κ3) is 13.6. The summed E-state index contributed by atoms with van der Waals surface area (Å²) < 4.78 is 40.1. The Morgan fingerprint density at radius 3 is 1.23 bits per heavy atom. The summed E-state index contributed by atoms with van der Waals surface area (Å²) in [6.07, 6.45) is 0. The van der Waals surface area contributed by atoms with Gasteiger partial charge in [0.1, 0.15) is 11.3 Å². The lowest BCUT2D eigenvalue weighted by atomic mass is 9.80. The average Bonchev–Trinajstić information content (AvgIpc) is 3.19. The Kier molecular flexibility index (Phi) is 18.3. The SMILES string of the molecule is O=[N+]([O-])c1ccc(NCCOCCOCCOCCOCCOCCOCCOC(c2ccccc2)(c2ccccc2)c2ccccc2)c([N+](=O)[O-])c1. The molecule has 14 nitrogen and oxygen atoms in total. The number of rotatable bonds is 28. The fraction of sp³-hybridized carbons (Fsp3) is 0.385. The summed E-state index contributed by atoms with van der Waals surface area (Å²) in [5.41, 5.74) is 1.85. The standard InChI is InChI=1S/C39H47N3O11/c43-41(44)36-16-17-37(38(32-36)42(45)46)40-18-19-47-20-21-48-22-23-49-24-25-50-26-27-51-28-29-52-30-31-53-39(33-10-4-1-5-11-33,34-12-6-2-7-13-34)35-14-8-3-9-15-35/h1-17,32,40H,18-31H2. The molecule has 0 amide bonds. The molecule has 53 heavy (non-hydrogen) atoms. The molecule has 0 saturated heterocycles. The molecule has 0 fully saturated rings. The molecule has 0 aliphatic carbocycles. The molecule has 0 unspecified atom stereocenters. The zero-order valence-corrected chi connectivity index (χ0v) is 29.7. The lowest BCUT2D eigenvalue weighted by Crippen LogP contribution is -2.34. The van der Waals surface area contributed by atoms with Crippen molar-refractivity contribution in [2.45, 2.75) is 5.60 Å². The number of benzene rings is 4. The molecule has 0 aliphatic heterocycles. The van der Waals surface area contributed by atoms with Crippen molar-refractivity contribution in [3.63, 3.8) is 0 Å². The molecular formula is C39H47N3O11. The topological polar surface area (TPSA) is 163 Å². The zero-order chi connectivity index (χ0) is 37.4. The largest absolute Gasteiger partial charge is 0.377 e. The summed E-state index contributed by atoms with van der Waals surface area (Å²) in [4.78, 5) is 20.7. The zero-order valence-electron chi connectivity index (χ0n) is 29.7. The third-order valence-corrected chi connectivity index (χ3v) is 7.90. The normalized spacial score (nSPS) is 11.4. The summed E-state index contributed by atoms with van der Waals surface area (Å²) in [5, 5.41) is 24.9. The minimum Gasteiger partial charge on any atom is -0.377 e. The fourth-order valence-corrected chi connectivity index (χ4v) is 5.42. The lowest BCUT2D eigenvalue weighted by molar-refractivity contribution is -0.393.